The Bertz CT molecular complexity index is 770. The molecule has 1 unspecified atom stereocenters. The number of nitrogens with one attached hydrogen (secondary N) is 1. The molecule has 0 saturated heterocycles. The first-order chi connectivity index (χ1) is 14.0. The number of hydrogen-bond acceptors (Lipinski definition) is 5. The van der Waals surface area contributed by atoms with Gasteiger partial charge in [-0.25, -0.2) is 0 Å². The Hall–Kier alpha value is -2.74. The molecule has 0 aliphatic heterocycles. The number of rotatable bonds is 10. The molecule has 0 amide bonds. The summed E-state index contributed by atoms with van der Waals surface area (Å²) < 4.78 is 0. The zero-order valence-corrected chi connectivity index (χ0v) is 17.6. The second-order valence-corrected chi connectivity index (χ2v) is 5.83. The molecule has 5 N–H and O–H groups in total. The van der Waals surface area contributed by atoms with E-state index in [1.54, 1.807) is 36.6 Å². The van der Waals surface area contributed by atoms with Gasteiger partial charge in [-0.1, -0.05) is 44.4 Å². The highest BCUT2D eigenvalue weighted by molar-refractivity contribution is 6.46. The molecular formula is C22H32BN4O2. The third-order valence-electron chi connectivity index (χ3n) is 3.98. The fourth-order valence-corrected chi connectivity index (χ4v) is 2.52. The lowest BCUT2D eigenvalue weighted by Crippen LogP contribution is -2.22. The van der Waals surface area contributed by atoms with E-state index in [4.69, 9.17) is 4.99 Å². The van der Waals surface area contributed by atoms with Gasteiger partial charge in [-0.2, -0.15) is 0 Å². The Morgan fingerprint density at radius 2 is 2.03 bits per heavy atom. The van der Waals surface area contributed by atoms with Crippen molar-refractivity contribution in [2.24, 2.45) is 15.7 Å². The summed E-state index contributed by atoms with van der Waals surface area (Å²) in [7, 11) is 2.47. The molecule has 0 aliphatic rings. The molecule has 0 saturated carbocycles. The number of aliphatic imine (C=N–C) groups is 2. The van der Waals surface area contributed by atoms with Gasteiger partial charge in [-0.15, -0.1) is 0 Å². The van der Waals surface area contributed by atoms with Gasteiger partial charge in [0.1, 0.15) is 5.84 Å². The molecule has 29 heavy (non-hydrogen) atoms. The van der Waals surface area contributed by atoms with Crippen LogP contribution >= 0.6 is 0 Å². The summed E-state index contributed by atoms with van der Waals surface area (Å²) in [5.74, 6) is 0.635. The largest absolute Gasteiger partial charge is 0.450 e. The Kier molecular flexibility index (Phi) is 13.8. The van der Waals surface area contributed by atoms with E-state index >= 15 is 0 Å². The van der Waals surface area contributed by atoms with E-state index in [0.29, 0.717) is 16.9 Å². The lowest BCUT2D eigenvalue weighted by atomic mass is 9.84. The smallest absolute Gasteiger partial charge is 0.327 e. The lowest BCUT2D eigenvalue weighted by molar-refractivity contribution is 0.283. The summed E-state index contributed by atoms with van der Waals surface area (Å²) in [5, 5.41) is 22.0. The van der Waals surface area contributed by atoms with Crippen LogP contribution in [0.4, 0.5) is 5.69 Å². The molecule has 1 aromatic rings. The molecule has 0 fully saturated rings. The van der Waals surface area contributed by atoms with Gasteiger partial charge in [-0.3, -0.25) is 9.98 Å². The molecule has 0 aliphatic carbocycles. The summed E-state index contributed by atoms with van der Waals surface area (Å²) in [6, 6.07) is 5.19. The van der Waals surface area contributed by atoms with E-state index in [1.807, 2.05) is 19.9 Å². The van der Waals surface area contributed by atoms with Gasteiger partial charge in [0, 0.05) is 17.5 Å². The highest BCUT2D eigenvalue weighted by Crippen LogP contribution is 2.17. The summed E-state index contributed by atoms with van der Waals surface area (Å²) in [6.45, 7) is 14.9. The summed E-state index contributed by atoms with van der Waals surface area (Å²) in [4.78, 5) is 8.67. The molecule has 0 aromatic heterocycles. The summed E-state index contributed by atoms with van der Waals surface area (Å²) in [6.07, 6.45) is 7.80. The van der Waals surface area contributed by atoms with Crippen molar-refractivity contribution in [1.29, 1.82) is 0 Å². The van der Waals surface area contributed by atoms with E-state index in [9.17, 15) is 10.1 Å². The van der Waals surface area contributed by atoms with Gasteiger partial charge in [0.25, 0.3) is 0 Å². The van der Waals surface area contributed by atoms with Crippen molar-refractivity contribution in [1.82, 2.24) is 0 Å². The maximum atomic E-state index is 9.50. The molecule has 155 valence electrons. The average Bonchev–Trinajstić information content (AvgIpc) is 2.76. The molecule has 0 spiro atoms. The topological polar surface area (TPSA) is 103 Å². The van der Waals surface area contributed by atoms with Crippen LogP contribution in [0.2, 0.25) is 0 Å². The monoisotopic (exact) mass is 395 g/mol. The number of anilines is 1. The Morgan fingerprint density at radius 3 is 2.52 bits per heavy atom. The van der Waals surface area contributed by atoms with Crippen molar-refractivity contribution < 1.29 is 10.1 Å². The normalized spacial score (nSPS) is 13.0. The number of aliphatic hydroxyl groups excluding tert-OH is 1. The van der Waals surface area contributed by atoms with Crippen LogP contribution in [-0.4, -0.2) is 43.3 Å². The standard InChI is InChI=1S/C21H27BN3O2.CH5N/c1-6-9-16(7-2)20(8-3)25-21(15(4)13-23-5)24-18-10-11-19(22-27)17(12-18)14-26;1-2/h6-7,9-13,20,26-27H,1-2,5,8,14H2,3-4H3,(H,24,25);2H2,1H3/b15-13-,16-9+;. The van der Waals surface area contributed by atoms with Crippen LogP contribution in [0, 0.1) is 0 Å². The van der Waals surface area contributed by atoms with Crippen molar-refractivity contribution in [3.63, 3.8) is 0 Å². The number of aliphatic hydroxyl groups is 1. The zero-order chi connectivity index (χ0) is 22.2. The van der Waals surface area contributed by atoms with Crippen LogP contribution in [0.25, 0.3) is 0 Å². The van der Waals surface area contributed by atoms with Crippen molar-refractivity contribution in [3.05, 3.63) is 72.5 Å². The molecular weight excluding hydrogens is 363 g/mol. The van der Waals surface area contributed by atoms with Crippen LogP contribution < -0.4 is 16.5 Å². The van der Waals surface area contributed by atoms with Gasteiger partial charge >= 0.3 is 7.48 Å². The van der Waals surface area contributed by atoms with E-state index in [2.05, 4.69) is 35.9 Å². The number of nitrogens with two attached hydrogens (primary N) is 1. The van der Waals surface area contributed by atoms with E-state index in [0.717, 1.165) is 30.7 Å². The molecule has 7 heteroatoms. The first kappa shape index (κ1) is 26.3. The first-order valence-corrected chi connectivity index (χ1v) is 9.26. The Balaban J connectivity index is 0.00000379. The third-order valence-corrected chi connectivity index (χ3v) is 3.98. The first-order valence-electron chi connectivity index (χ1n) is 9.26. The second-order valence-electron chi connectivity index (χ2n) is 5.83. The van der Waals surface area contributed by atoms with E-state index < -0.39 is 0 Å². The van der Waals surface area contributed by atoms with Crippen molar-refractivity contribution in [2.75, 3.05) is 12.4 Å². The Labute approximate surface area is 175 Å². The van der Waals surface area contributed by atoms with Crippen molar-refractivity contribution >= 4 is 31.2 Å². The number of allylic oxidation sites excluding steroid dienone is 2. The highest BCUT2D eigenvalue weighted by atomic mass is 16.3. The SMILES string of the molecule is C=C/C=C(\C=C)C(CC)N=C(Nc1ccc([B]O)c(CO)c1)/C(C)=C\N=C.CN. The van der Waals surface area contributed by atoms with Crippen LogP contribution in [0.3, 0.4) is 0 Å². The fraction of sp³-hybridized carbons (Fsp3) is 0.273. The van der Waals surface area contributed by atoms with Gasteiger partial charge in [0.05, 0.1) is 12.6 Å². The zero-order valence-electron chi connectivity index (χ0n) is 17.6. The number of benzene rings is 1. The predicted octanol–water partition coefficient (Wildman–Crippen LogP) is 2.48. The molecule has 0 bridgehead atoms. The number of nitrogens with zero attached hydrogens (tertiary/aromatic N) is 2. The Morgan fingerprint density at radius 1 is 1.34 bits per heavy atom. The van der Waals surface area contributed by atoms with Crippen LogP contribution in [0.15, 0.2) is 76.9 Å². The van der Waals surface area contributed by atoms with Gasteiger partial charge in [0.15, 0.2) is 0 Å². The van der Waals surface area contributed by atoms with Gasteiger partial charge < -0.3 is 21.2 Å². The second kappa shape index (κ2) is 15.2. The van der Waals surface area contributed by atoms with Crippen molar-refractivity contribution in [2.45, 2.75) is 32.9 Å². The van der Waals surface area contributed by atoms with E-state index in [1.165, 1.54) is 7.05 Å². The molecule has 0 heterocycles. The molecule has 1 rings (SSSR count). The molecule has 6 nitrogen and oxygen atoms in total. The predicted molar refractivity (Wildman–Crippen MR) is 127 cm³/mol. The highest BCUT2D eigenvalue weighted by Gasteiger charge is 2.12. The minimum absolute atomic E-state index is 0.0986. The van der Waals surface area contributed by atoms with Crippen molar-refractivity contribution in [3.8, 4) is 0 Å². The van der Waals surface area contributed by atoms with Crippen LogP contribution in [-0.2, 0) is 6.61 Å². The van der Waals surface area contributed by atoms with Crippen LogP contribution in [0.5, 0.6) is 0 Å². The number of hydrogen-bond donors (Lipinski definition) is 4. The minimum Gasteiger partial charge on any atom is -0.450 e. The number of amidine groups is 1. The van der Waals surface area contributed by atoms with Crippen LogP contribution in [0.1, 0.15) is 25.8 Å². The summed E-state index contributed by atoms with van der Waals surface area (Å²) >= 11 is 0. The minimum atomic E-state index is -0.183. The average molecular weight is 395 g/mol. The quantitative estimate of drug-likeness (QED) is 0.212. The van der Waals surface area contributed by atoms with E-state index in [-0.39, 0.29) is 12.6 Å². The lowest BCUT2D eigenvalue weighted by Gasteiger charge is -2.17. The third kappa shape index (κ3) is 8.43. The molecule has 1 atom stereocenters. The fourth-order valence-electron chi connectivity index (χ4n) is 2.52. The maximum Gasteiger partial charge on any atom is 0.327 e. The molecule has 1 radical (unpaired) electrons. The molecule has 1 aromatic carbocycles. The van der Waals surface area contributed by atoms with Gasteiger partial charge in [-0.05, 0) is 55.8 Å². The van der Waals surface area contributed by atoms with Gasteiger partial charge in [0.2, 0.25) is 0 Å². The summed E-state index contributed by atoms with van der Waals surface area (Å²) in [5.41, 5.74) is 8.19. The maximum absolute atomic E-state index is 9.50.